The predicted molar refractivity (Wildman–Crippen MR) is 248 cm³/mol. The minimum atomic E-state index is -4.58. The maximum Gasteiger partial charge on any atom is 0.303 e. The van der Waals surface area contributed by atoms with Gasteiger partial charge in [-0.25, -0.2) is 0 Å². The average molecular weight is 922 g/mol. The largest absolute Gasteiger partial charge is 0.481 e. The lowest BCUT2D eigenvalue weighted by atomic mass is 9.75. The van der Waals surface area contributed by atoms with E-state index in [0.717, 1.165) is 75.0 Å². The maximum atomic E-state index is 12.5. The van der Waals surface area contributed by atoms with Crippen LogP contribution in [0.15, 0.2) is 94.4 Å². The number of anilines is 1. The van der Waals surface area contributed by atoms with Crippen LogP contribution in [0.3, 0.4) is 0 Å². The van der Waals surface area contributed by atoms with Crippen LogP contribution < -0.4 is 4.90 Å². The average Bonchev–Trinajstić information content (AvgIpc) is 3.54. The molecule has 4 aromatic carbocycles. The first kappa shape index (κ1) is 47.8. The molecule has 4 N–H and O–H groups in total. The van der Waals surface area contributed by atoms with Crippen molar-refractivity contribution in [2.24, 2.45) is 0 Å². The molecule has 0 fully saturated rings. The third-order valence-corrected chi connectivity index (χ3v) is 15.0. The van der Waals surface area contributed by atoms with Crippen LogP contribution in [-0.4, -0.2) is 79.1 Å². The summed E-state index contributed by atoms with van der Waals surface area (Å²) in [5, 5.41) is 12.3. The van der Waals surface area contributed by atoms with E-state index in [1.54, 1.807) is 13.0 Å². The third-order valence-electron chi connectivity index (χ3n) is 12.5. The molecule has 0 bridgehead atoms. The monoisotopic (exact) mass is 921 g/mol. The molecule has 2 aliphatic heterocycles. The first-order valence-corrected chi connectivity index (χ1v) is 25.6. The summed E-state index contributed by atoms with van der Waals surface area (Å²) in [5.41, 5.74) is 5.21. The molecule has 63 heavy (non-hydrogen) atoms. The Morgan fingerprint density at radius 2 is 1.33 bits per heavy atom. The number of unbranched alkanes of at least 4 members (excludes halogenated alkanes) is 3. The van der Waals surface area contributed by atoms with Crippen molar-refractivity contribution < 1.29 is 53.4 Å². The zero-order chi connectivity index (χ0) is 46.3. The molecule has 13 nitrogen and oxygen atoms in total. The van der Waals surface area contributed by atoms with Gasteiger partial charge in [0.1, 0.15) is 6.54 Å². The Balaban J connectivity index is 1.47. The quantitative estimate of drug-likeness (QED) is 0.0319. The van der Waals surface area contributed by atoms with E-state index >= 15 is 0 Å². The Morgan fingerprint density at radius 1 is 0.730 bits per heavy atom. The van der Waals surface area contributed by atoms with Crippen molar-refractivity contribution in [1.82, 2.24) is 0 Å². The summed E-state index contributed by atoms with van der Waals surface area (Å²) in [6, 6.07) is 13.8. The Morgan fingerprint density at radius 3 is 1.90 bits per heavy atom. The van der Waals surface area contributed by atoms with Crippen LogP contribution in [0, 0.1) is 13.8 Å². The van der Waals surface area contributed by atoms with E-state index in [9.17, 15) is 48.8 Å². The highest BCUT2D eigenvalue weighted by atomic mass is 32.2. The van der Waals surface area contributed by atoms with Gasteiger partial charge in [0, 0.05) is 53.9 Å². The van der Waals surface area contributed by atoms with Crippen LogP contribution in [0.2, 0.25) is 0 Å². The second-order valence-electron chi connectivity index (χ2n) is 17.4. The van der Waals surface area contributed by atoms with E-state index in [1.165, 1.54) is 18.2 Å². The molecule has 0 aromatic heterocycles. The number of carbonyl (C=O) groups is 1. The molecular formula is C47H57N2O11S3+. The van der Waals surface area contributed by atoms with Crippen LogP contribution >= 0.6 is 0 Å². The van der Waals surface area contributed by atoms with Gasteiger partial charge in [-0.1, -0.05) is 50.5 Å². The fourth-order valence-electron chi connectivity index (χ4n) is 9.61. The molecule has 16 heteroatoms. The molecular weight excluding hydrogens is 865 g/mol. The van der Waals surface area contributed by atoms with Crippen LogP contribution in [0.25, 0.3) is 21.5 Å². The second-order valence-corrected chi connectivity index (χ2v) is 21.8. The zero-order valence-corrected chi connectivity index (χ0v) is 39.0. The number of fused-ring (bicyclic) bond motifs is 6. The van der Waals surface area contributed by atoms with Gasteiger partial charge in [-0.2, -0.15) is 29.8 Å². The number of aliphatic carboxylic acids is 1. The van der Waals surface area contributed by atoms with E-state index in [4.69, 9.17) is 0 Å². The molecule has 0 saturated carbocycles. The van der Waals surface area contributed by atoms with Gasteiger partial charge in [-0.3, -0.25) is 18.5 Å². The topological polar surface area (TPSA) is 207 Å². The molecule has 338 valence electrons. The number of rotatable bonds is 18. The minimum Gasteiger partial charge on any atom is -0.481 e. The van der Waals surface area contributed by atoms with Crippen LogP contribution in [0.1, 0.15) is 101 Å². The van der Waals surface area contributed by atoms with Gasteiger partial charge >= 0.3 is 5.97 Å². The van der Waals surface area contributed by atoms with Crippen LogP contribution in [-0.2, 0) is 46.0 Å². The SMILES string of the molecule is CCCC[N+]1=C(/C=C/C=C/C=C2/N(CCCS(=O)(=O)O)c3ccc4c(C)cc(S(=O)(=O)O)cc4c3C2(C)CCCCCC(=O)O)C(C)(C)c2c1ccc1c(C)cc(S(=O)(=O)O)cc21. The Kier molecular flexibility index (Phi) is 13.7. The van der Waals surface area contributed by atoms with E-state index in [-0.39, 0.29) is 29.2 Å². The molecule has 4 aromatic rings. The molecule has 0 saturated heterocycles. The van der Waals surface area contributed by atoms with Crippen molar-refractivity contribution in [2.45, 2.75) is 114 Å². The van der Waals surface area contributed by atoms with Gasteiger partial charge < -0.3 is 10.0 Å². The van der Waals surface area contributed by atoms with Gasteiger partial charge in [-0.15, -0.1) is 0 Å². The van der Waals surface area contributed by atoms with Gasteiger partial charge in [-0.05, 0) is 135 Å². The fraction of sp³-hybridized carbons (Fsp3) is 0.404. The zero-order valence-electron chi connectivity index (χ0n) is 36.5. The van der Waals surface area contributed by atoms with Crippen molar-refractivity contribution in [3.63, 3.8) is 0 Å². The summed E-state index contributed by atoms with van der Waals surface area (Å²) in [7, 11) is -13.3. The van der Waals surface area contributed by atoms with Gasteiger partial charge in [0.25, 0.3) is 30.4 Å². The van der Waals surface area contributed by atoms with Crippen molar-refractivity contribution >= 4 is 75.0 Å². The summed E-state index contributed by atoms with van der Waals surface area (Å²) in [5.74, 6) is -1.37. The number of carboxylic acid groups (broad SMARTS) is 1. The molecule has 0 radical (unpaired) electrons. The molecule has 0 spiro atoms. The summed E-state index contributed by atoms with van der Waals surface area (Å²) < 4.78 is 106. The number of carboxylic acids is 1. The standard InChI is InChI=1S/C47H56N2O11S3/c1-7-8-24-48-39-21-19-35-31(2)27-33(62(55,56)57)29-37(35)44(39)46(4,5)41(48)16-11-9-12-17-42-47(6,23-14-10-13-18-43(50)51)45-38-30-34(63(58,59)60)28-32(3)36(38)20-22-40(45)49(42)25-15-26-61(52,53)54/h9,11-12,16-17,19-22,27-30H,7-8,10,13-15,18,23-26H2,1-6H3,(H3-,50,51,52,53,54,55,56,57,58,59,60)/p+1. The number of hydrogen-bond acceptors (Lipinski definition) is 8. The van der Waals surface area contributed by atoms with Gasteiger partial charge in [0.15, 0.2) is 5.71 Å². The number of allylic oxidation sites excluding steroid dienone is 6. The summed E-state index contributed by atoms with van der Waals surface area (Å²) in [4.78, 5) is 12.9. The number of hydrogen-bond donors (Lipinski definition) is 4. The normalized spacial score (nSPS) is 18.5. The summed E-state index contributed by atoms with van der Waals surface area (Å²) in [6.07, 6.45) is 13.9. The van der Waals surface area contributed by atoms with Crippen molar-refractivity contribution in [2.75, 3.05) is 23.7 Å². The summed E-state index contributed by atoms with van der Waals surface area (Å²) >= 11 is 0. The Labute approximate surface area is 370 Å². The number of benzene rings is 4. The third kappa shape index (κ3) is 9.86. The van der Waals surface area contributed by atoms with Gasteiger partial charge in [0.2, 0.25) is 5.69 Å². The van der Waals surface area contributed by atoms with E-state index in [0.29, 0.717) is 36.6 Å². The highest BCUT2D eigenvalue weighted by Crippen LogP contribution is 2.54. The predicted octanol–water partition coefficient (Wildman–Crippen LogP) is 9.37. The Hall–Kier alpha value is -4.71. The van der Waals surface area contributed by atoms with Crippen molar-refractivity contribution in [3.05, 3.63) is 107 Å². The van der Waals surface area contributed by atoms with E-state index in [1.807, 2.05) is 67.3 Å². The molecule has 6 rings (SSSR count). The molecule has 1 atom stereocenters. The second kappa shape index (κ2) is 18.0. The van der Waals surface area contributed by atoms with Crippen molar-refractivity contribution in [1.29, 1.82) is 0 Å². The van der Waals surface area contributed by atoms with Crippen LogP contribution in [0.4, 0.5) is 11.4 Å². The molecule has 0 aliphatic carbocycles. The van der Waals surface area contributed by atoms with Crippen LogP contribution in [0.5, 0.6) is 0 Å². The molecule has 0 amide bonds. The Bertz CT molecular complexity index is 2970. The van der Waals surface area contributed by atoms with E-state index < -0.39 is 52.9 Å². The van der Waals surface area contributed by atoms with Gasteiger partial charge in [0.05, 0.1) is 21.0 Å². The highest BCUT2D eigenvalue weighted by Gasteiger charge is 2.46. The lowest BCUT2D eigenvalue weighted by molar-refractivity contribution is -0.438. The summed E-state index contributed by atoms with van der Waals surface area (Å²) in [6.45, 7) is 12.9. The lowest BCUT2D eigenvalue weighted by Gasteiger charge is -2.31. The number of nitrogens with zero attached hydrogens (tertiary/aromatic N) is 2. The fourth-order valence-corrected chi connectivity index (χ4v) is 11.3. The molecule has 1 unspecified atom stereocenters. The first-order valence-electron chi connectivity index (χ1n) is 21.2. The first-order chi connectivity index (χ1) is 29.4. The highest BCUT2D eigenvalue weighted by molar-refractivity contribution is 7.86. The lowest BCUT2D eigenvalue weighted by Crippen LogP contribution is -2.30. The molecule has 2 aliphatic rings. The smallest absolute Gasteiger partial charge is 0.303 e. The minimum absolute atomic E-state index is 0.0188. The molecule has 2 heterocycles. The maximum absolute atomic E-state index is 12.5. The number of aryl methyl sites for hydroxylation is 2. The van der Waals surface area contributed by atoms with Crippen molar-refractivity contribution in [3.8, 4) is 0 Å². The van der Waals surface area contributed by atoms with E-state index in [2.05, 4.69) is 31.4 Å².